The van der Waals surface area contributed by atoms with Gasteiger partial charge in [-0.15, -0.1) is 11.3 Å². The van der Waals surface area contributed by atoms with Crippen molar-refractivity contribution in [2.45, 2.75) is 13.5 Å². The zero-order valence-corrected chi connectivity index (χ0v) is 8.84. The Kier molecular flexibility index (Phi) is 3.76. The Labute approximate surface area is 82.9 Å². The van der Waals surface area contributed by atoms with Gasteiger partial charge in [-0.05, 0) is 18.4 Å². The van der Waals surface area contributed by atoms with Crippen molar-refractivity contribution in [1.29, 1.82) is 0 Å². The van der Waals surface area contributed by atoms with Gasteiger partial charge in [-0.2, -0.15) is 0 Å². The van der Waals surface area contributed by atoms with Gasteiger partial charge in [-0.25, -0.2) is 0 Å². The summed E-state index contributed by atoms with van der Waals surface area (Å²) < 4.78 is 0. The lowest BCUT2D eigenvalue weighted by atomic mass is 10.4. The predicted octanol–water partition coefficient (Wildman–Crippen LogP) is 1.51. The van der Waals surface area contributed by atoms with Gasteiger partial charge in [0, 0.05) is 18.5 Å². The Morgan fingerprint density at radius 3 is 3.00 bits per heavy atom. The highest BCUT2D eigenvalue weighted by Crippen LogP contribution is 2.10. The molecule has 0 aromatic carbocycles. The second-order valence-corrected chi connectivity index (χ2v) is 3.80. The molecule has 3 nitrogen and oxygen atoms in total. The largest absolute Gasteiger partial charge is 0.370 e. The average molecular weight is 197 g/mol. The van der Waals surface area contributed by atoms with E-state index in [1.807, 2.05) is 24.9 Å². The molecule has 0 unspecified atom stereocenters. The van der Waals surface area contributed by atoms with Gasteiger partial charge in [0.15, 0.2) is 5.96 Å². The number of rotatable bonds is 3. The molecule has 0 aliphatic heterocycles. The fraction of sp³-hybridized carbons (Fsp3) is 0.444. The molecule has 4 heteroatoms. The zero-order chi connectivity index (χ0) is 9.68. The van der Waals surface area contributed by atoms with Gasteiger partial charge < -0.3 is 10.6 Å². The summed E-state index contributed by atoms with van der Waals surface area (Å²) in [5.41, 5.74) is 5.72. The summed E-state index contributed by atoms with van der Waals surface area (Å²) in [6.07, 6.45) is 0. The predicted molar refractivity (Wildman–Crippen MR) is 57.9 cm³/mol. The smallest absolute Gasteiger partial charge is 0.191 e. The molecule has 2 N–H and O–H groups in total. The highest BCUT2D eigenvalue weighted by Gasteiger charge is 2.02. The summed E-state index contributed by atoms with van der Waals surface area (Å²) >= 11 is 1.73. The van der Waals surface area contributed by atoms with E-state index in [9.17, 15) is 0 Å². The minimum absolute atomic E-state index is 0.607. The van der Waals surface area contributed by atoms with Crippen LogP contribution in [0.2, 0.25) is 0 Å². The maximum Gasteiger partial charge on any atom is 0.191 e. The van der Waals surface area contributed by atoms with Gasteiger partial charge in [0.2, 0.25) is 0 Å². The summed E-state index contributed by atoms with van der Waals surface area (Å²) in [4.78, 5) is 7.39. The quantitative estimate of drug-likeness (QED) is 0.589. The Morgan fingerprint density at radius 1 is 1.69 bits per heavy atom. The molecule has 1 rings (SSSR count). The van der Waals surface area contributed by atoms with Crippen LogP contribution in [0.1, 0.15) is 11.8 Å². The Morgan fingerprint density at radius 2 is 2.46 bits per heavy atom. The van der Waals surface area contributed by atoms with Crippen LogP contribution in [-0.2, 0) is 6.54 Å². The number of aliphatic imine (C=N–C) groups is 1. The van der Waals surface area contributed by atoms with Crippen molar-refractivity contribution >= 4 is 17.3 Å². The van der Waals surface area contributed by atoms with E-state index in [-0.39, 0.29) is 0 Å². The van der Waals surface area contributed by atoms with E-state index >= 15 is 0 Å². The molecule has 0 saturated heterocycles. The minimum Gasteiger partial charge on any atom is -0.370 e. The third-order valence-corrected chi connectivity index (χ3v) is 2.55. The van der Waals surface area contributed by atoms with Gasteiger partial charge in [-0.1, -0.05) is 6.07 Å². The molecule has 1 aromatic heterocycles. The van der Waals surface area contributed by atoms with Crippen LogP contribution in [0.5, 0.6) is 0 Å². The van der Waals surface area contributed by atoms with Crippen molar-refractivity contribution in [2.75, 3.05) is 13.6 Å². The highest BCUT2D eigenvalue weighted by atomic mass is 32.1. The van der Waals surface area contributed by atoms with E-state index in [1.165, 1.54) is 4.88 Å². The number of nitrogens with two attached hydrogens (primary N) is 1. The standard InChI is InChI=1S/C9H15N3S/c1-3-11-9(10)12(2)7-8-5-4-6-13-8/h4-6H,3,7H2,1-2H3,(H2,10,11). The van der Waals surface area contributed by atoms with Gasteiger partial charge in [0.1, 0.15) is 0 Å². The van der Waals surface area contributed by atoms with Crippen LogP contribution in [0, 0.1) is 0 Å². The van der Waals surface area contributed by atoms with Crippen LogP contribution in [0.4, 0.5) is 0 Å². The number of hydrogen-bond acceptors (Lipinski definition) is 2. The lowest BCUT2D eigenvalue weighted by molar-refractivity contribution is 0.497. The van der Waals surface area contributed by atoms with Crippen molar-refractivity contribution in [1.82, 2.24) is 4.90 Å². The molecular weight excluding hydrogens is 182 g/mol. The van der Waals surface area contributed by atoms with E-state index in [1.54, 1.807) is 11.3 Å². The molecular formula is C9H15N3S. The van der Waals surface area contributed by atoms with Crippen molar-refractivity contribution in [3.63, 3.8) is 0 Å². The first-order chi connectivity index (χ1) is 6.24. The van der Waals surface area contributed by atoms with Crippen molar-refractivity contribution in [2.24, 2.45) is 10.7 Å². The first kappa shape index (κ1) is 10.1. The maximum atomic E-state index is 5.72. The lowest BCUT2D eigenvalue weighted by Gasteiger charge is -2.16. The Bertz CT molecular complexity index is 266. The van der Waals surface area contributed by atoms with Crippen LogP contribution in [0.25, 0.3) is 0 Å². The van der Waals surface area contributed by atoms with Gasteiger partial charge in [0.25, 0.3) is 0 Å². The summed E-state index contributed by atoms with van der Waals surface area (Å²) in [5, 5.41) is 2.07. The maximum absolute atomic E-state index is 5.72. The molecule has 13 heavy (non-hydrogen) atoms. The molecule has 72 valence electrons. The number of hydrogen-bond donors (Lipinski definition) is 1. The van der Waals surface area contributed by atoms with Gasteiger partial charge >= 0.3 is 0 Å². The average Bonchev–Trinajstić information content (AvgIpc) is 2.57. The fourth-order valence-corrected chi connectivity index (χ4v) is 1.76. The van der Waals surface area contributed by atoms with E-state index in [0.717, 1.165) is 13.1 Å². The van der Waals surface area contributed by atoms with E-state index < -0.39 is 0 Å². The molecule has 0 spiro atoms. The molecule has 0 aliphatic rings. The Balaban J connectivity index is 2.50. The summed E-state index contributed by atoms with van der Waals surface area (Å²) in [6, 6.07) is 4.14. The van der Waals surface area contributed by atoms with E-state index in [0.29, 0.717) is 5.96 Å². The van der Waals surface area contributed by atoms with Crippen LogP contribution >= 0.6 is 11.3 Å². The minimum atomic E-state index is 0.607. The van der Waals surface area contributed by atoms with Crippen LogP contribution in [0.15, 0.2) is 22.5 Å². The van der Waals surface area contributed by atoms with Crippen molar-refractivity contribution in [3.05, 3.63) is 22.4 Å². The number of thiophene rings is 1. The molecule has 1 aromatic rings. The normalized spacial score (nSPS) is 11.7. The van der Waals surface area contributed by atoms with Crippen molar-refractivity contribution in [3.8, 4) is 0 Å². The molecule has 0 saturated carbocycles. The van der Waals surface area contributed by atoms with E-state index in [4.69, 9.17) is 5.73 Å². The number of guanidine groups is 1. The lowest BCUT2D eigenvalue weighted by Crippen LogP contribution is -2.33. The molecule has 0 amide bonds. The van der Waals surface area contributed by atoms with Crippen LogP contribution in [-0.4, -0.2) is 24.5 Å². The summed E-state index contributed by atoms with van der Waals surface area (Å²) in [5.74, 6) is 0.607. The topological polar surface area (TPSA) is 41.6 Å². The molecule has 0 atom stereocenters. The molecule has 0 fully saturated rings. The second-order valence-electron chi connectivity index (χ2n) is 2.77. The highest BCUT2D eigenvalue weighted by molar-refractivity contribution is 7.09. The van der Waals surface area contributed by atoms with Gasteiger partial charge in [-0.3, -0.25) is 4.99 Å². The van der Waals surface area contributed by atoms with Crippen LogP contribution in [0.3, 0.4) is 0 Å². The van der Waals surface area contributed by atoms with Gasteiger partial charge in [0.05, 0.1) is 6.54 Å². The molecule has 1 heterocycles. The number of nitrogens with zero attached hydrogens (tertiary/aromatic N) is 2. The van der Waals surface area contributed by atoms with Crippen LogP contribution < -0.4 is 5.73 Å². The third kappa shape index (κ3) is 3.06. The first-order valence-corrected chi connectivity index (χ1v) is 5.15. The first-order valence-electron chi connectivity index (χ1n) is 4.27. The zero-order valence-electron chi connectivity index (χ0n) is 8.03. The monoisotopic (exact) mass is 197 g/mol. The van der Waals surface area contributed by atoms with E-state index in [2.05, 4.69) is 16.4 Å². The Hall–Kier alpha value is -1.03. The third-order valence-electron chi connectivity index (χ3n) is 1.68. The molecule has 0 aliphatic carbocycles. The second kappa shape index (κ2) is 4.87. The molecule has 0 bridgehead atoms. The SMILES string of the molecule is CCN=C(N)N(C)Cc1cccs1. The molecule has 0 radical (unpaired) electrons. The summed E-state index contributed by atoms with van der Waals surface area (Å²) in [6.45, 7) is 3.56. The summed E-state index contributed by atoms with van der Waals surface area (Å²) in [7, 11) is 1.95. The fourth-order valence-electron chi connectivity index (χ4n) is 1.00. The van der Waals surface area contributed by atoms with Crippen molar-refractivity contribution < 1.29 is 0 Å².